The summed E-state index contributed by atoms with van der Waals surface area (Å²) in [5.41, 5.74) is 7.39. The van der Waals surface area contributed by atoms with Crippen molar-refractivity contribution in [3.63, 3.8) is 0 Å². The van der Waals surface area contributed by atoms with Gasteiger partial charge in [0.05, 0.1) is 18.6 Å². The van der Waals surface area contributed by atoms with Crippen molar-refractivity contribution in [1.82, 2.24) is 10.2 Å². The molecule has 1 heterocycles. The van der Waals surface area contributed by atoms with Crippen molar-refractivity contribution in [1.29, 1.82) is 5.41 Å². The monoisotopic (exact) mass is 472 g/mol. The van der Waals surface area contributed by atoms with E-state index in [1.807, 2.05) is 50.2 Å². The molecule has 0 saturated carbocycles. The second kappa shape index (κ2) is 11.3. The molecule has 0 spiro atoms. The first-order valence-corrected chi connectivity index (χ1v) is 11.3. The largest absolute Gasteiger partial charge is 0.376 e. The first-order valence-electron chi connectivity index (χ1n) is 11.3. The van der Waals surface area contributed by atoms with Gasteiger partial charge in [0.25, 0.3) is 5.91 Å². The number of carbonyl (C=O) groups is 1. The van der Waals surface area contributed by atoms with Gasteiger partial charge in [-0.05, 0) is 28.7 Å². The number of amides is 1. The third kappa shape index (κ3) is 5.84. The Balaban J connectivity index is 1.88. The lowest BCUT2D eigenvalue weighted by Gasteiger charge is -2.32. The molecule has 1 saturated heterocycles. The zero-order valence-corrected chi connectivity index (χ0v) is 19.4. The summed E-state index contributed by atoms with van der Waals surface area (Å²) in [6.45, 7) is 3.43. The third-order valence-corrected chi connectivity index (χ3v) is 6.10. The lowest BCUT2D eigenvalue weighted by molar-refractivity contribution is -0.385. The average molecular weight is 473 g/mol. The summed E-state index contributed by atoms with van der Waals surface area (Å²) >= 11 is 0. The van der Waals surface area contributed by atoms with E-state index in [2.05, 4.69) is 5.32 Å². The number of rotatable bonds is 9. The molecule has 0 aromatic heterocycles. The van der Waals surface area contributed by atoms with E-state index in [1.54, 1.807) is 6.07 Å². The number of hydrogen-bond donors (Lipinski definition) is 4. The van der Waals surface area contributed by atoms with Crippen LogP contribution in [0.1, 0.15) is 48.9 Å². The molecule has 1 aliphatic heterocycles. The van der Waals surface area contributed by atoms with E-state index in [1.165, 1.54) is 11.0 Å². The molecule has 182 valence electrons. The normalized spacial score (nSPS) is 20.4. The van der Waals surface area contributed by atoms with Gasteiger partial charge in [-0.2, -0.15) is 5.41 Å². The topological polar surface area (TPSA) is 105 Å². The molecule has 2 aromatic carbocycles. The van der Waals surface area contributed by atoms with Crippen LogP contribution in [0.15, 0.2) is 48.5 Å². The Bertz CT molecular complexity index is 1030. The minimum Gasteiger partial charge on any atom is -0.376 e. The van der Waals surface area contributed by atoms with E-state index >= 15 is 0 Å². The predicted molar refractivity (Wildman–Crippen MR) is 127 cm³/mol. The highest BCUT2D eigenvalue weighted by atomic mass is 19.1. The molecular formula is C25H32F2N5O2+. The van der Waals surface area contributed by atoms with E-state index in [9.17, 15) is 18.7 Å². The summed E-state index contributed by atoms with van der Waals surface area (Å²) in [5.74, 6) is -0.774. The number of halogens is 2. The second-order valence-corrected chi connectivity index (χ2v) is 8.79. The van der Waals surface area contributed by atoms with Crippen LogP contribution in [0.3, 0.4) is 0 Å². The van der Waals surface area contributed by atoms with Crippen LogP contribution in [-0.4, -0.2) is 64.7 Å². The fourth-order valence-corrected chi connectivity index (χ4v) is 4.29. The van der Waals surface area contributed by atoms with Gasteiger partial charge in [0, 0.05) is 6.42 Å². The van der Waals surface area contributed by atoms with Crippen LogP contribution >= 0.6 is 0 Å². The molecule has 1 fully saturated rings. The molecule has 4 atom stereocenters. The predicted octanol–water partition coefficient (Wildman–Crippen LogP) is 2.49. The maximum absolute atomic E-state index is 14.8. The molecule has 1 amide bonds. The molecule has 5 N–H and O–H groups in total. The van der Waals surface area contributed by atoms with Crippen LogP contribution in [0.5, 0.6) is 0 Å². The second-order valence-electron chi connectivity index (χ2n) is 8.79. The molecule has 1 unspecified atom stereocenters. The van der Waals surface area contributed by atoms with Gasteiger partial charge >= 0.3 is 0 Å². The zero-order valence-electron chi connectivity index (χ0n) is 19.4. The van der Waals surface area contributed by atoms with Crippen LogP contribution < -0.4 is 11.1 Å². The zero-order chi connectivity index (χ0) is 24.8. The Hall–Kier alpha value is -3.17. The van der Waals surface area contributed by atoms with Crippen LogP contribution in [-0.2, 0) is 4.79 Å². The Morgan fingerprint density at radius 2 is 2.00 bits per heavy atom. The Kier molecular flexibility index (Phi) is 8.46. The van der Waals surface area contributed by atoms with Gasteiger partial charge in [-0.3, -0.25) is 10.1 Å². The number of nitrogens with zero attached hydrogens (tertiary/aromatic N) is 2. The van der Waals surface area contributed by atoms with E-state index in [0.29, 0.717) is 11.1 Å². The highest BCUT2D eigenvalue weighted by Crippen LogP contribution is 2.29. The molecule has 9 heteroatoms. The molecule has 7 nitrogen and oxygen atoms in total. The first-order chi connectivity index (χ1) is 16.2. The lowest BCUT2D eigenvalue weighted by atomic mass is 9.94. The van der Waals surface area contributed by atoms with Gasteiger partial charge in [0.1, 0.15) is 24.8 Å². The lowest BCUT2D eigenvalue weighted by Crippen LogP contribution is -2.51. The summed E-state index contributed by atoms with van der Waals surface area (Å²) < 4.78 is 30.3. The Labute approximate surface area is 198 Å². The highest BCUT2D eigenvalue weighted by Gasteiger charge is 2.40. The standard InChI is InChI=1S/C25H31F2N5O2/c1-16(2)20-9-8-18(10-21(20)27)24(17-6-4-3-5-7-17)30-25(34)22-11-19(26)12-32(22)23(33)13-31(14-28)15-29/h3-10,14-16,19,22,24-25,28-30,34H,11-13H2,1-2H3/p+1/t19-,22+,24+,25?/m1/s1. The molecule has 34 heavy (non-hydrogen) atoms. The molecule has 2 aromatic rings. The quantitative estimate of drug-likeness (QED) is 0.195. The summed E-state index contributed by atoms with van der Waals surface area (Å²) in [7, 11) is 0. The van der Waals surface area contributed by atoms with Crippen molar-refractivity contribution in [2.75, 3.05) is 13.1 Å². The molecule has 1 aliphatic rings. The summed E-state index contributed by atoms with van der Waals surface area (Å²) in [5, 5.41) is 21.5. The number of alkyl halides is 1. The molecule has 0 radical (unpaired) electrons. The van der Waals surface area contributed by atoms with Crippen molar-refractivity contribution in [2.45, 2.75) is 50.7 Å². The molecule has 0 aliphatic carbocycles. The Morgan fingerprint density at radius 3 is 2.59 bits per heavy atom. The van der Waals surface area contributed by atoms with Gasteiger partial charge in [-0.25, -0.2) is 13.4 Å². The van der Waals surface area contributed by atoms with Crippen molar-refractivity contribution in [2.24, 2.45) is 5.73 Å². The van der Waals surface area contributed by atoms with Gasteiger partial charge in [-0.15, -0.1) is 0 Å². The van der Waals surface area contributed by atoms with Crippen molar-refractivity contribution < 1.29 is 23.3 Å². The number of nitrogens with two attached hydrogens (primary N) is 1. The highest BCUT2D eigenvalue weighted by molar-refractivity contribution is 5.79. The maximum atomic E-state index is 14.8. The van der Waals surface area contributed by atoms with E-state index in [4.69, 9.17) is 11.1 Å². The van der Waals surface area contributed by atoms with E-state index in [-0.39, 0.29) is 31.2 Å². The number of hydrogen-bond acceptors (Lipinski definition) is 4. The number of likely N-dealkylation sites (tertiary alicyclic amines) is 1. The maximum Gasteiger partial charge on any atom is 0.257 e. The summed E-state index contributed by atoms with van der Waals surface area (Å²) in [6, 6.07) is 12.8. The smallest absolute Gasteiger partial charge is 0.257 e. The number of aliphatic hydroxyl groups is 1. The average Bonchev–Trinajstić information content (AvgIpc) is 3.23. The van der Waals surface area contributed by atoms with Crippen molar-refractivity contribution in [3.8, 4) is 0 Å². The Morgan fingerprint density at radius 1 is 1.29 bits per heavy atom. The van der Waals surface area contributed by atoms with Crippen LogP contribution in [0.25, 0.3) is 0 Å². The van der Waals surface area contributed by atoms with Gasteiger partial charge in [0.2, 0.25) is 6.34 Å². The molecule has 3 rings (SSSR count). The fourth-order valence-electron chi connectivity index (χ4n) is 4.29. The van der Waals surface area contributed by atoms with Crippen LogP contribution in [0, 0.1) is 11.2 Å². The van der Waals surface area contributed by atoms with Gasteiger partial charge < -0.3 is 15.7 Å². The van der Waals surface area contributed by atoms with E-state index in [0.717, 1.165) is 22.8 Å². The van der Waals surface area contributed by atoms with Crippen molar-refractivity contribution in [3.05, 3.63) is 71.0 Å². The number of nitrogens with one attached hydrogen (secondary N) is 2. The minimum absolute atomic E-state index is 0.0219. The first kappa shape index (κ1) is 25.5. The van der Waals surface area contributed by atoms with Crippen LogP contribution in [0.2, 0.25) is 0 Å². The van der Waals surface area contributed by atoms with Crippen LogP contribution in [0.4, 0.5) is 8.78 Å². The van der Waals surface area contributed by atoms with Gasteiger partial charge in [0.15, 0.2) is 6.34 Å². The summed E-state index contributed by atoms with van der Waals surface area (Å²) in [6.07, 6.45) is -0.639. The third-order valence-electron chi connectivity index (χ3n) is 6.10. The van der Waals surface area contributed by atoms with Crippen molar-refractivity contribution >= 4 is 18.6 Å². The number of benzene rings is 2. The molecule has 0 bridgehead atoms. The summed E-state index contributed by atoms with van der Waals surface area (Å²) in [4.78, 5) is 14.0. The minimum atomic E-state index is -1.29. The van der Waals surface area contributed by atoms with E-state index < -0.39 is 30.4 Å². The molecular weight excluding hydrogens is 440 g/mol. The number of aliphatic hydroxyl groups excluding tert-OH is 1. The van der Waals surface area contributed by atoms with Gasteiger partial charge in [-0.1, -0.05) is 56.3 Å². The SMILES string of the molecule is CC(C)c1ccc([C@@H](NC(O)[C@@H]2C[C@@H](F)CN2C(=O)C[N+](C=N)=CN)c2ccccc2)cc1F. The number of carbonyl (C=O) groups excluding carboxylic acids is 1. The fraction of sp³-hybridized carbons (Fsp3) is 0.400.